The maximum absolute atomic E-state index is 5.29. The summed E-state index contributed by atoms with van der Waals surface area (Å²) in [5.41, 5.74) is 1.27. The van der Waals surface area contributed by atoms with Crippen LogP contribution in [0.4, 0.5) is 0 Å². The Kier molecular flexibility index (Phi) is 6.04. The summed E-state index contributed by atoms with van der Waals surface area (Å²) < 4.78 is 0. The van der Waals surface area contributed by atoms with E-state index >= 15 is 0 Å². The molecule has 0 fully saturated rings. The summed E-state index contributed by atoms with van der Waals surface area (Å²) in [4.78, 5) is 3.12. The first kappa shape index (κ1) is 13.1. The Morgan fingerprint density at radius 2 is 1.94 bits per heavy atom. The molecule has 16 heavy (non-hydrogen) atoms. The predicted octanol–water partition coefficient (Wildman–Crippen LogP) is 2.10. The number of rotatable bonds is 6. The van der Waals surface area contributed by atoms with Crippen LogP contribution in [0.1, 0.15) is 12.0 Å². The molecule has 0 amide bonds. The van der Waals surface area contributed by atoms with Gasteiger partial charge in [0, 0.05) is 13.0 Å². The van der Waals surface area contributed by atoms with Gasteiger partial charge in [0.15, 0.2) is 0 Å². The van der Waals surface area contributed by atoms with E-state index in [1.165, 1.54) is 5.56 Å². The van der Waals surface area contributed by atoms with Crippen LogP contribution in [-0.4, -0.2) is 37.1 Å². The van der Waals surface area contributed by atoms with Crippen molar-refractivity contribution in [2.75, 3.05) is 27.2 Å². The summed E-state index contributed by atoms with van der Waals surface area (Å²) in [5, 5.41) is 3.29. The van der Waals surface area contributed by atoms with E-state index in [1.54, 1.807) is 0 Å². The molecular formula is C13H20N2S. The normalized spacial score (nSPS) is 10.4. The van der Waals surface area contributed by atoms with Crippen molar-refractivity contribution in [2.45, 2.75) is 12.8 Å². The van der Waals surface area contributed by atoms with Gasteiger partial charge in [-0.25, -0.2) is 0 Å². The third kappa shape index (κ3) is 5.83. The zero-order valence-corrected chi connectivity index (χ0v) is 10.9. The van der Waals surface area contributed by atoms with Crippen molar-refractivity contribution < 1.29 is 0 Å². The largest absolute Gasteiger partial charge is 0.379 e. The average molecular weight is 236 g/mol. The summed E-state index contributed by atoms with van der Waals surface area (Å²) in [5.74, 6) is 0. The van der Waals surface area contributed by atoms with Crippen LogP contribution in [0.2, 0.25) is 0 Å². The number of thiocarbonyl (C=S) groups is 1. The molecule has 0 radical (unpaired) electrons. The summed E-state index contributed by atoms with van der Waals surface area (Å²) in [7, 11) is 4.17. The standard InChI is InChI=1S/C13H20N2S/c1-15(2)10-6-9-14-13(16)11-12-7-4-3-5-8-12/h3-5,7-8H,6,9-11H2,1-2H3,(H,14,16). The highest BCUT2D eigenvalue weighted by molar-refractivity contribution is 7.80. The van der Waals surface area contributed by atoms with E-state index in [0.29, 0.717) is 0 Å². The molecule has 0 saturated heterocycles. The molecule has 0 aliphatic rings. The van der Waals surface area contributed by atoms with Gasteiger partial charge >= 0.3 is 0 Å². The van der Waals surface area contributed by atoms with Gasteiger partial charge in [0.25, 0.3) is 0 Å². The Morgan fingerprint density at radius 3 is 2.56 bits per heavy atom. The molecule has 1 aromatic rings. The van der Waals surface area contributed by atoms with E-state index in [9.17, 15) is 0 Å². The molecule has 0 heterocycles. The van der Waals surface area contributed by atoms with Crippen LogP contribution in [0.3, 0.4) is 0 Å². The Bertz CT molecular complexity index is 309. The minimum atomic E-state index is 0.845. The molecule has 0 unspecified atom stereocenters. The van der Waals surface area contributed by atoms with Gasteiger partial charge in [0.2, 0.25) is 0 Å². The Hall–Kier alpha value is -0.930. The van der Waals surface area contributed by atoms with Crippen molar-refractivity contribution >= 4 is 17.2 Å². The molecule has 0 atom stereocenters. The third-order valence-corrected chi connectivity index (χ3v) is 2.60. The van der Waals surface area contributed by atoms with E-state index < -0.39 is 0 Å². The summed E-state index contributed by atoms with van der Waals surface area (Å²) in [6, 6.07) is 10.3. The molecule has 1 N–H and O–H groups in total. The van der Waals surface area contributed by atoms with Gasteiger partial charge in [0.05, 0.1) is 4.99 Å². The van der Waals surface area contributed by atoms with Crippen LogP contribution in [0.25, 0.3) is 0 Å². The number of nitrogens with zero attached hydrogens (tertiary/aromatic N) is 1. The van der Waals surface area contributed by atoms with Crippen LogP contribution in [0.5, 0.6) is 0 Å². The van der Waals surface area contributed by atoms with Crippen LogP contribution in [0, 0.1) is 0 Å². The van der Waals surface area contributed by atoms with Crippen molar-refractivity contribution in [3.05, 3.63) is 35.9 Å². The first-order chi connectivity index (χ1) is 7.68. The third-order valence-electron chi connectivity index (χ3n) is 2.31. The monoisotopic (exact) mass is 236 g/mol. The van der Waals surface area contributed by atoms with Crippen molar-refractivity contribution in [1.29, 1.82) is 0 Å². The van der Waals surface area contributed by atoms with Gasteiger partial charge in [-0.05, 0) is 32.6 Å². The molecule has 0 spiro atoms. The SMILES string of the molecule is CN(C)CCCNC(=S)Cc1ccccc1. The smallest absolute Gasteiger partial charge is 0.0797 e. The zero-order chi connectivity index (χ0) is 11.8. The van der Waals surface area contributed by atoms with Gasteiger partial charge in [0.1, 0.15) is 0 Å². The number of hydrogen-bond acceptors (Lipinski definition) is 2. The Balaban J connectivity index is 2.17. The molecule has 1 aromatic carbocycles. The molecule has 1 rings (SSSR count). The van der Waals surface area contributed by atoms with Crippen LogP contribution in [-0.2, 0) is 6.42 Å². The first-order valence-electron chi connectivity index (χ1n) is 5.64. The molecule has 0 aromatic heterocycles. The van der Waals surface area contributed by atoms with Crippen molar-refractivity contribution in [2.24, 2.45) is 0 Å². The highest BCUT2D eigenvalue weighted by atomic mass is 32.1. The number of benzene rings is 1. The molecule has 0 aliphatic heterocycles. The lowest BCUT2D eigenvalue weighted by Crippen LogP contribution is -2.27. The molecule has 2 nitrogen and oxygen atoms in total. The van der Waals surface area contributed by atoms with E-state index in [1.807, 2.05) is 18.2 Å². The summed E-state index contributed by atoms with van der Waals surface area (Å²) in [6.45, 7) is 2.06. The lowest BCUT2D eigenvalue weighted by Gasteiger charge is -2.11. The van der Waals surface area contributed by atoms with E-state index in [2.05, 4.69) is 36.4 Å². The quantitative estimate of drug-likeness (QED) is 0.601. The predicted molar refractivity (Wildman–Crippen MR) is 73.9 cm³/mol. The van der Waals surface area contributed by atoms with Crippen LogP contribution in [0.15, 0.2) is 30.3 Å². The second-order valence-corrected chi connectivity index (χ2v) is 4.66. The summed E-state index contributed by atoms with van der Waals surface area (Å²) >= 11 is 5.29. The lowest BCUT2D eigenvalue weighted by molar-refractivity contribution is 0.400. The molecule has 0 aliphatic carbocycles. The topological polar surface area (TPSA) is 15.3 Å². The summed E-state index contributed by atoms with van der Waals surface area (Å²) in [6.07, 6.45) is 1.97. The Morgan fingerprint density at radius 1 is 1.25 bits per heavy atom. The second-order valence-electron chi connectivity index (χ2n) is 4.17. The lowest BCUT2D eigenvalue weighted by atomic mass is 10.1. The van der Waals surface area contributed by atoms with Crippen LogP contribution >= 0.6 is 12.2 Å². The maximum Gasteiger partial charge on any atom is 0.0797 e. The maximum atomic E-state index is 5.29. The van der Waals surface area contributed by atoms with E-state index in [0.717, 1.165) is 30.9 Å². The molecule has 88 valence electrons. The average Bonchev–Trinajstić information content (AvgIpc) is 2.25. The van der Waals surface area contributed by atoms with Crippen molar-refractivity contribution in [3.63, 3.8) is 0 Å². The number of nitrogens with one attached hydrogen (secondary N) is 1. The molecule has 3 heteroatoms. The van der Waals surface area contributed by atoms with Gasteiger partial charge in [-0.3, -0.25) is 0 Å². The van der Waals surface area contributed by atoms with Gasteiger partial charge in [-0.1, -0.05) is 42.5 Å². The minimum Gasteiger partial charge on any atom is -0.379 e. The van der Waals surface area contributed by atoms with Crippen LogP contribution < -0.4 is 5.32 Å². The molecule has 0 saturated carbocycles. The fraction of sp³-hybridized carbons (Fsp3) is 0.462. The van der Waals surface area contributed by atoms with Gasteiger partial charge in [-0.2, -0.15) is 0 Å². The highest BCUT2D eigenvalue weighted by Gasteiger charge is 1.98. The number of hydrogen-bond donors (Lipinski definition) is 1. The van der Waals surface area contributed by atoms with Crippen molar-refractivity contribution in [3.8, 4) is 0 Å². The molecular weight excluding hydrogens is 216 g/mol. The second kappa shape index (κ2) is 7.36. The Labute approximate surface area is 104 Å². The van der Waals surface area contributed by atoms with Crippen molar-refractivity contribution in [1.82, 2.24) is 10.2 Å². The highest BCUT2D eigenvalue weighted by Crippen LogP contribution is 2.00. The van der Waals surface area contributed by atoms with Gasteiger partial charge in [-0.15, -0.1) is 0 Å². The van der Waals surface area contributed by atoms with E-state index in [4.69, 9.17) is 12.2 Å². The minimum absolute atomic E-state index is 0.845. The zero-order valence-electron chi connectivity index (χ0n) is 10.1. The fourth-order valence-corrected chi connectivity index (χ4v) is 1.74. The molecule has 0 bridgehead atoms. The van der Waals surface area contributed by atoms with Gasteiger partial charge < -0.3 is 10.2 Å². The first-order valence-corrected chi connectivity index (χ1v) is 6.04. The fourth-order valence-electron chi connectivity index (χ4n) is 1.47. The van der Waals surface area contributed by atoms with E-state index in [-0.39, 0.29) is 0 Å².